The first-order valence-electron chi connectivity index (χ1n) is 13.1. The minimum atomic E-state index is -1.22. The van der Waals surface area contributed by atoms with Crippen LogP contribution in [0.2, 0.25) is 0 Å². The Kier molecular flexibility index (Phi) is 7.05. The minimum absolute atomic E-state index is 0.297. The molecule has 13 nitrogen and oxygen atoms in total. The molecule has 4 saturated heterocycles. The van der Waals surface area contributed by atoms with Gasteiger partial charge in [0.1, 0.15) is 17.8 Å². The summed E-state index contributed by atoms with van der Waals surface area (Å²) >= 11 is 0. The highest BCUT2D eigenvalue weighted by Crippen LogP contribution is 2.40. The molecule has 0 aromatic heterocycles. The Balaban J connectivity index is 1.34. The molecule has 0 aromatic rings. The highest BCUT2D eigenvalue weighted by Gasteiger charge is 2.60. The van der Waals surface area contributed by atoms with Gasteiger partial charge in [0, 0.05) is 0 Å². The molecule has 3 amide bonds. The predicted molar refractivity (Wildman–Crippen MR) is 133 cm³/mol. The van der Waals surface area contributed by atoms with Crippen molar-refractivity contribution in [1.82, 2.24) is 16.0 Å². The molecule has 0 spiro atoms. The number of allylic oxidation sites excluding steroid dienone is 2. The fourth-order valence-electron chi connectivity index (χ4n) is 5.24. The Bertz CT molecular complexity index is 1050. The molecule has 4 fully saturated rings. The lowest BCUT2D eigenvalue weighted by Gasteiger charge is -2.30. The molecule has 3 N–H and O–H groups in total. The summed E-state index contributed by atoms with van der Waals surface area (Å²) in [6.07, 6.45) is 0.886. The van der Waals surface area contributed by atoms with E-state index in [4.69, 9.17) is 33.2 Å². The van der Waals surface area contributed by atoms with Gasteiger partial charge in [0.15, 0.2) is 36.4 Å². The number of amides is 3. The van der Waals surface area contributed by atoms with Crippen LogP contribution < -0.4 is 16.0 Å². The molecule has 5 rings (SSSR count). The summed E-state index contributed by atoms with van der Waals surface area (Å²) in [6, 6.07) is -2.15. The number of nitrogens with one attached hydrogen (secondary N) is 3. The SMILES string of the molecule is CC(C)(C)OC(=O)N[C@H]1[C@H]2OC(C)(C)O[C@H]2O[C@H]1C(=O)N[C@@H]1[C@H]2OC(C)(C)O[C@H]2O[C@@H]1C(=O)NC1C=CC=C1. The van der Waals surface area contributed by atoms with Crippen molar-refractivity contribution in [3.05, 3.63) is 24.3 Å². The van der Waals surface area contributed by atoms with E-state index in [1.807, 2.05) is 24.3 Å². The molecule has 4 heterocycles. The molecule has 0 saturated carbocycles. The third-order valence-corrected chi connectivity index (χ3v) is 6.66. The molecule has 0 unspecified atom stereocenters. The summed E-state index contributed by atoms with van der Waals surface area (Å²) in [5.74, 6) is -3.02. The standard InChI is InChI=1S/C26H37N3O10/c1-24(2,3)39-23(32)29-14-16(34-22-18(14)36-26(6,7)38-22)20(31)28-13-15(19(30)27-12-10-8-9-11-12)33-21-17(13)35-25(4,5)37-21/h8-18,21-22H,1-7H3,(H,27,30)(H,28,31)(H,29,32)/t13-,14+,15-,16+,17+,18+,21+,22+/m0/s1. The molecule has 0 bridgehead atoms. The normalized spacial score (nSPS) is 37.9. The van der Waals surface area contributed by atoms with Crippen LogP contribution >= 0.6 is 0 Å². The van der Waals surface area contributed by atoms with Crippen LogP contribution in [0.3, 0.4) is 0 Å². The monoisotopic (exact) mass is 551 g/mol. The number of carbonyl (C=O) groups is 3. The van der Waals surface area contributed by atoms with E-state index >= 15 is 0 Å². The van der Waals surface area contributed by atoms with Gasteiger partial charge in [-0.25, -0.2) is 4.79 Å². The maximum Gasteiger partial charge on any atom is 0.408 e. The number of hydrogen-bond donors (Lipinski definition) is 3. The number of rotatable bonds is 5. The molecule has 0 aromatic carbocycles. The molecule has 39 heavy (non-hydrogen) atoms. The van der Waals surface area contributed by atoms with Crippen LogP contribution in [0.5, 0.6) is 0 Å². The Labute approximate surface area is 226 Å². The van der Waals surface area contributed by atoms with Crippen molar-refractivity contribution in [2.75, 3.05) is 0 Å². The van der Waals surface area contributed by atoms with E-state index in [1.165, 1.54) is 0 Å². The number of alkyl carbamates (subject to hydrolysis) is 1. The van der Waals surface area contributed by atoms with Gasteiger partial charge >= 0.3 is 6.09 Å². The van der Waals surface area contributed by atoms with Crippen LogP contribution in [-0.2, 0) is 42.7 Å². The number of fused-ring (bicyclic) bond motifs is 2. The zero-order valence-electron chi connectivity index (χ0n) is 23.1. The van der Waals surface area contributed by atoms with Crippen LogP contribution in [-0.4, -0.2) is 90.2 Å². The molecule has 13 heteroatoms. The van der Waals surface area contributed by atoms with Gasteiger partial charge in [0.25, 0.3) is 11.8 Å². The zero-order valence-corrected chi connectivity index (χ0v) is 23.1. The summed E-state index contributed by atoms with van der Waals surface area (Å²) in [6.45, 7) is 12.0. The summed E-state index contributed by atoms with van der Waals surface area (Å²) in [5.41, 5.74) is -0.764. The van der Waals surface area contributed by atoms with E-state index in [-0.39, 0.29) is 6.04 Å². The fraction of sp³-hybridized carbons (Fsp3) is 0.731. The van der Waals surface area contributed by atoms with Crippen molar-refractivity contribution in [1.29, 1.82) is 0 Å². The number of ether oxygens (including phenoxy) is 7. The zero-order chi connectivity index (χ0) is 28.3. The largest absolute Gasteiger partial charge is 0.444 e. The van der Waals surface area contributed by atoms with Gasteiger partial charge in [-0.2, -0.15) is 0 Å². The first-order valence-corrected chi connectivity index (χ1v) is 13.1. The Hall–Kier alpha value is -2.55. The van der Waals surface area contributed by atoms with E-state index in [1.54, 1.807) is 48.5 Å². The van der Waals surface area contributed by atoms with Crippen LogP contribution in [0.25, 0.3) is 0 Å². The third kappa shape index (κ3) is 5.98. The van der Waals surface area contributed by atoms with Crippen LogP contribution in [0, 0.1) is 0 Å². The van der Waals surface area contributed by atoms with Crippen molar-refractivity contribution in [3.63, 3.8) is 0 Å². The predicted octanol–water partition coefficient (Wildman–Crippen LogP) is 0.728. The summed E-state index contributed by atoms with van der Waals surface area (Å²) in [7, 11) is 0. The lowest BCUT2D eigenvalue weighted by atomic mass is 10.0. The van der Waals surface area contributed by atoms with Crippen LogP contribution in [0.4, 0.5) is 4.79 Å². The molecule has 1 aliphatic carbocycles. The first kappa shape index (κ1) is 28.0. The summed E-state index contributed by atoms with van der Waals surface area (Å²) in [5, 5.41) is 8.42. The molecular weight excluding hydrogens is 514 g/mol. The highest BCUT2D eigenvalue weighted by molar-refractivity contribution is 5.87. The van der Waals surface area contributed by atoms with E-state index in [0.29, 0.717) is 0 Å². The molecule has 0 radical (unpaired) electrons. The second-order valence-corrected chi connectivity index (χ2v) is 12.1. The average molecular weight is 552 g/mol. The van der Waals surface area contributed by atoms with E-state index in [0.717, 1.165) is 0 Å². The molecule has 216 valence electrons. The minimum Gasteiger partial charge on any atom is -0.444 e. The van der Waals surface area contributed by atoms with Gasteiger partial charge < -0.3 is 49.1 Å². The third-order valence-electron chi connectivity index (χ3n) is 6.66. The van der Waals surface area contributed by atoms with Gasteiger partial charge in [-0.15, -0.1) is 0 Å². The second kappa shape index (κ2) is 9.82. The highest BCUT2D eigenvalue weighted by atomic mass is 16.8. The summed E-state index contributed by atoms with van der Waals surface area (Å²) < 4.78 is 40.8. The van der Waals surface area contributed by atoms with Crippen molar-refractivity contribution in [3.8, 4) is 0 Å². The summed E-state index contributed by atoms with van der Waals surface area (Å²) in [4.78, 5) is 39.5. The van der Waals surface area contributed by atoms with E-state index in [2.05, 4.69) is 16.0 Å². The molecule has 5 aliphatic rings. The van der Waals surface area contributed by atoms with Gasteiger partial charge in [0.2, 0.25) is 0 Å². The Morgan fingerprint density at radius 3 is 1.67 bits per heavy atom. The van der Waals surface area contributed by atoms with Gasteiger partial charge in [-0.3, -0.25) is 9.59 Å². The van der Waals surface area contributed by atoms with Crippen LogP contribution in [0.15, 0.2) is 24.3 Å². The number of hydrogen-bond acceptors (Lipinski definition) is 10. The van der Waals surface area contributed by atoms with Crippen molar-refractivity contribution < 1.29 is 47.5 Å². The smallest absolute Gasteiger partial charge is 0.408 e. The van der Waals surface area contributed by atoms with Gasteiger partial charge in [-0.1, -0.05) is 24.3 Å². The quantitative estimate of drug-likeness (QED) is 0.446. The maximum absolute atomic E-state index is 13.7. The van der Waals surface area contributed by atoms with Gasteiger partial charge in [-0.05, 0) is 48.5 Å². The fourth-order valence-corrected chi connectivity index (χ4v) is 5.24. The van der Waals surface area contributed by atoms with E-state index in [9.17, 15) is 14.4 Å². The van der Waals surface area contributed by atoms with Crippen molar-refractivity contribution in [2.24, 2.45) is 0 Å². The lowest BCUT2D eigenvalue weighted by Crippen LogP contribution is -2.59. The Morgan fingerprint density at radius 1 is 0.718 bits per heavy atom. The lowest BCUT2D eigenvalue weighted by molar-refractivity contribution is -0.211. The van der Waals surface area contributed by atoms with Crippen LogP contribution in [0.1, 0.15) is 48.5 Å². The molecule has 4 aliphatic heterocycles. The van der Waals surface area contributed by atoms with Crippen molar-refractivity contribution in [2.45, 2.75) is 121 Å². The van der Waals surface area contributed by atoms with E-state index < -0.39 is 84.2 Å². The maximum atomic E-state index is 13.7. The second-order valence-electron chi connectivity index (χ2n) is 12.1. The topological polar surface area (TPSA) is 152 Å². The van der Waals surface area contributed by atoms with Gasteiger partial charge in [0.05, 0.1) is 18.1 Å². The molecule has 8 atom stereocenters. The molecular formula is C26H37N3O10. The first-order chi connectivity index (χ1) is 18.1. The number of carbonyl (C=O) groups excluding carboxylic acids is 3. The Morgan fingerprint density at radius 2 is 1.18 bits per heavy atom. The van der Waals surface area contributed by atoms with Crippen molar-refractivity contribution >= 4 is 17.9 Å². The average Bonchev–Trinajstić information content (AvgIpc) is 3.56.